The maximum absolute atomic E-state index is 5.47. The molecule has 29 heavy (non-hydrogen) atoms. The maximum atomic E-state index is 5.47. The second-order valence-corrected chi connectivity index (χ2v) is 8.19. The summed E-state index contributed by atoms with van der Waals surface area (Å²) in [4.78, 5) is 10.1. The van der Waals surface area contributed by atoms with Crippen molar-refractivity contribution in [1.82, 2.24) is 14.5 Å². The van der Waals surface area contributed by atoms with Crippen molar-refractivity contribution < 1.29 is 4.74 Å². The Bertz CT molecular complexity index is 987. The lowest BCUT2D eigenvalue weighted by molar-refractivity contribution is 0.155. The lowest BCUT2D eigenvalue weighted by Crippen LogP contribution is -2.13. The highest BCUT2D eigenvalue weighted by Crippen LogP contribution is 2.33. The molecule has 156 valence electrons. The highest BCUT2D eigenvalue weighted by atomic mass is 16.5. The molecule has 0 unspecified atom stereocenters. The minimum absolute atomic E-state index is 0.326. The standard InChI is InChI=1S/C25H35N3O/c1-8-18-13-23-24(17(6)14-28(23)19(9-2)15-29-7)27-25(18)20-11-12-22(16(4)5)26-21(20)10-3/h11-14,16,19H,8-10,15H2,1-7H3/t19-/m1/s1. The largest absolute Gasteiger partial charge is 0.383 e. The van der Waals surface area contributed by atoms with Gasteiger partial charge < -0.3 is 9.30 Å². The molecule has 0 bridgehead atoms. The lowest BCUT2D eigenvalue weighted by Gasteiger charge is -2.18. The van der Waals surface area contributed by atoms with Gasteiger partial charge in [0.25, 0.3) is 0 Å². The maximum Gasteiger partial charge on any atom is 0.0917 e. The van der Waals surface area contributed by atoms with Crippen molar-refractivity contribution >= 4 is 11.0 Å². The molecule has 3 aromatic rings. The van der Waals surface area contributed by atoms with E-state index >= 15 is 0 Å². The number of aryl methyl sites for hydroxylation is 3. The van der Waals surface area contributed by atoms with Crippen LogP contribution >= 0.6 is 0 Å². The van der Waals surface area contributed by atoms with Crippen LogP contribution in [0, 0.1) is 6.92 Å². The Hall–Kier alpha value is -2.20. The molecular formula is C25H35N3O. The number of methoxy groups -OCH3 is 1. The Balaban J connectivity index is 2.21. The number of aromatic nitrogens is 3. The molecule has 0 fully saturated rings. The zero-order valence-corrected chi connectivity index (χ0v) is 19.0. The van der Waals surface area contributed by atoms with E-state index in [0.717, 1.165) is 41.9 Å². The third-order valence-corrected chi connectivity index (χ3v) is 5.85. The van der Waals surface area contributed by atoms with Crippen LogP contribution in [0.15, 0.2) is 24.4 Å². The number of fused-ring (bicyclic) bond motifs is 1. The van der Waals surface area contributed by atoms with Crippen molar-refractivity contribution in [3.63, 3.8) is 0 Å². The summed E-state index contributed by atoms with van der Waals surface area (Å²) in [6.07, 6.45) is 5.11. The highest BCUT2D eigenvalue weighted by Gasteiger charge is 2.19. The van der Waals surface area contributed by atoms with Gasteiger partial charge in [0, 0.05) is 30.3 Å². The molecule has 4 nitrogen and oxygen atoms in total. The van der Waals surface area contributed by atoms with Crippen LogP contribution in [0.3, 0.4) is 0 Å². The first-order valence-corrected chi connectivity index (χ1v) is 10.9. The van der Waals surface area contributed by atoms with Crippen LogP contribution < -0.4 is 0 Å². The van der Waals surface area contributed by atoms with Crippen molar-refractivity contribution in [3.05, 3.63) is 46.9 Å². The molecule has 0 saturated heterocycles. The second-order valence-electron chi connectivity index (χ2n) is 8.19. The van der Waals surface area contributed by atoms with Crippen LogP contribution in [0.2, 0.25) is 0 Å². The summed E-state index contributed by atoms with van der Waals surface area (Å²) in [7, 11) is 1.77. The molecule has 1 atom stereocenters. The van der Waals surface area contributed by atoms with Crippen LogP contribution in [0.4, 0.5) is 0 Å². The molecule has 0 N–H and O–H groups in total. The van der Waals surface area contributed by atoms with Crippen LogP contribution in [-0.4, -0.2) is 28.3 Å². The predicted molar refractivity (Wildman–Crippen MR) is 122 cm³/mol. The molecular weight excluding hydrogens is 358 g/mol. The number of pyridine rings is 2. The van der Waals surface area contributed by atoms with E-state index in [1.165, 1.54) is 22.2 Å². The van der Waals surface area contributed by atoms with Gasteiger partial charge in [-0.2, -0.15) is 0 Å². The van der Waals surface area contributed by atoms with Crippen molar-refractivity contribution in [1.29, 1.82) is 0 Å². The molecule has 0 aromatic carbocycles. The van der Waals surface area contributed by atoms with Crippen LogP contribution in [0.5, 0.6) is 0 Å². The zero-order chi connectivity index (χ0) is 21.1. The van der Waals surface area contributed by atoms with E-state index in [4.69, 9.17) is 14.7 Å². The number of rotatable bonds is 8. The Labute approximate surface area is 175 Å². The molecule has 0 aliphatic carbocycles. The first-order chi connectivity index (χ1) is 13.9. The van der Waals surface area contributed by atoms with Gasteiger partial charge in [-0.15, -0.1) is 0 Å². The monoisotopic (exact) mass is 393 g/mol. The molecule has 0 spiro atoms. The van der Waals surface area contributed by atoms with Crippen LogP contribution in [-0.2, 0) is 17.6 Å². The molecule has 3 aromatic heterocycles. The molecule has 0 aliphatic heterocycles. The molecule has 3 heterocycles. The summed E-state index contributed by atoms with van der Waals surface area (Å²) in [5.74, 6) is 0.429. The molecule has 3 rings (SSSR count). The summed E-state index contributed by atoms with van der Waals surface area (Å²) in [6, 6.07) is 7.04. The first-order valence-electron chi connectivity index (χ1n) is 10.9. The minimum Gasteiger partial charge on any atom is -0.383 e. The van der Waals surface area contributed by atoms with E-state index in [1.807, 2.05) is 0 Å². The van der Waals surface area contributed by atoms with E-state index in [9.17, 15) is 0 Å². The quantitative estimate of drug-likeness (QED) is 0.454. The predicted octanol–water partition coefficient (Wildman–Crippen LogP) is 6.25. The van der Waals surface area contributed by atoms with Gasteiger partial charge in [-0.25, -0.2) is 4.98 Å². The smallest absolute Gasteiger partial charge is 0.0917 e. The Morgan fingerprint density at radius 3 is 2.41 bits per heavy atom. The molecule has 0 radical (unpaired) electrons. The van der Waals surface area contributed by atoms with Gasteiger partial charge in [0.2, 0.25) is 0 Å². The number of ether oxygens (including phenoxy) is 1. The molecule has 0 amide bonds. The number of hydrogen-bond donors (Lipinski definition) is 0. The molecule has 4 heteroatoms. The van der Waals surface area contributed by atoms with E-state index in [0.29, 0.717) is 18.6 Å². The Kier molecular flexibility index (Phi) is 6.74. The average Bonchev–Trinajstić information content (AvgIpc) is 3.05. The topological polar surface area (TPSA) is 39.9 Å². The fourth-order valence-electron chi connectivity index (χ4n) is 4.09. The van der Waals surface area contributed by atoms with E-state index in [1.54, 1.807) is 7.11 Å². The third-order valence-electron chi connectivity index (χ3n) is 5.85. The van der Waals surface area contributed by atoms with Crippen molar-refractivity contribution in [2.75, 3.05) is 13.7 Å². The van der Waals surface area contributed by atoms with Crippen LogP contribution in [0.25, 0.3) is 22.3 Å². The summed E-state index contributed by atoms with van der Waals surface area (Å²) < 4.78 is 7.82. The highest BCUT2D eigenvalue weighted by molar-refractivity contribution is 5.84. The van der Waals surface area contributed by atoms with Gasteiger partial charge in [0.15, 0.2) is 0 Å². The molecule has 0 saturated carbocycles. The first kappa shape index (κ1) is 21.5. The van der Waals surface area contributed by atoms with E-state index < -0.39 is 0 Å². The summed E-state index contributed by atoms with van der Waals surface area (Å²) in [5.41, 5.74) is 9.32. The fraction of sp³-hybridized carbons (Fsp3) is 0.520. The van der Waals surface area contributed by atoms with Gasteiger partial charge in [-0.05, 0) is 61.4 Å². The summed E-state index contributed by atoms with van der Waals surface area (Å²) in [5, 5.41) is 0. The Morgan fingerprint density at radius 2 is 1.83 bits per heavy atom. The summed E-state index contributed by atoms with van der Waals surface area (Å²) in [6.45, 7) is 13.9. The zero-order valence-electron chi connectivity index (χ0n) is 19.0. The number of nitrogens with zero attached hydrogens (tertiary/aromatic N) is 3. The van der Waals surface area contributed by atoms with Crippen molar-refractivity contribution in [2.24, 2.45) is 0 Å². The van der Waals surface area contributed by atoms with E-state index in [2.05, 4.69) is 70.5 Å². The third kappa shape index (κ3) is 4.09. The minimum atomic E-state index is 0.326. The normalized spacial score (nSPS) is 12.8. The van der Waals surface area contributed by atoms with Gasteiger partial charge >= 0.3 is 0 Å². The SMILES string of the molecule is CCc1cc2c(nc1-c1ccc(C(C)C)nc1CC)c(C)cn2[C@H](CC)COC. The van der Waals surface area contributed by atoms with Gasteiger partial charge in [-0.3, -0.25) is 4.98 Å². The lowest BCUT2D eigenvalue weighted by atomic mass is 9.98. The van der Waals surface area contributed by atoms with Crippen LogP contribution in [0.1, 0.15) is 75.5 Å². The summed E-state index contributed by atoms with van der Waals surface area (Å²) >= 11 is 0. The van der Waals surface area contributed by atoms with Crippen molar-refractivity contribution in [2.45, 2.75) is 72.8 Å². The fourth-order valence-corrected chi connectivity index (χ4v) is 4.09. The van der Waals surface area contributed by atoms with E-state index in [-0.39, 0.29) is 0 Å². The molecule has 0 aliphatic rings. The second kappa shape index (κ2) is 9.08. The van der Waals surface area contributed by atoms with Gasteiger partial charge in [0.05, 0.1) is 29.4 Å². The Morgan fingerprint density at radius 1 is 1.07 bits per heavy atom. The van der Waals surface area contributed by atoms with Gasteiger partial charge in [0.1, 0.15) is 0 Å². The number of hydrogen-bond acceptors (Lipinski definition) is 3. The van der Waals surface area contributed by atoms with Crippen molar-refractivity contribution in [3.8, 4) is 11.3 Å². The average molecular weight is 394 g/mol. The van der Waals surface area contributed by atoms with Gasteiger partial charge in [-0.1, -0.05) is 34.6 Å².